The molecule has 7 nitrogen and oxygen atoms in total. The van der Waals surface area contributed by atoms with Crippen molar-refractivity contribution in [1.29, 1.82) is 0 Å². The van der Waals surface area contributed by atoms with Gasteiger partial charge in [0.25, 0.3) is 5.91 Å². The molecule has 2 aromatic heterocycles. The van der Waals surface area contributed by atoms with Crippen LogP contribution in [0.4, 0.5) is 11.1 Å². The molecule has 0 bridgehead atoms. The number of likely N-dealkylation sites (tertiary alicyclic amines) is 1. The topological polar surface area (TPSA) is 75.1 Å². The van der Waals surface area contributed by atoms with Gasteiger partial charge in [0, 0.05) is 38.1 Å². The molecule has 1 amide bonds. The van der Waals surface area contributed by atoms with Gasteiger partial charge in [0.1, 0.15) is 5.69 Å². The molecule has 1 aliphatic heterocycles. The summed E-state index contributed by atoms with van der Waals surface area (Å²) in [6.07, 6.45) is 1.90. The van der Waals surface area contributed by atoms with Crippen molar-refractivity contribution < 1.29 is 4.79 Å². The Labute approximate surface area is 191 Å². The molecule has 2 aromatic carbocycles. The molecule has 2 N–H and O–H groups in total. The molecule has 1 saturated heterocycles. The van der Waals surface area contributed by atoms with Gasteiger partial charge in [-0.1, -0.05) is 42.5 Å². The number of aryl methyl sites for hydroxylation is 1. The number of nitrogens with zero attached hydrogens (tertiary/aromatic N) is 4. The first-order valence-corrected chi connectivity index (χ1v) is 11.7. The van der Waals surface area contributed by atoms with E-state index in [9.17, 15) is 4.79 Å². The third-order valence-electron chi connectivity index (χ3n) is 5.91. The lowest BCUT2D eigenvalue weighted by Gasteiger charge is -2.32. The van der Waals surface area contributed by atoms with E-state index in [-0.39, 0.29) is 11.9 Å². The van der Waals surface area contributed by atoms with Crippen LogP contribution in [0.3, 0.4) is 0 Å². The molecule has 0 aliphatic carbocycles. The Kier molecular flexibility index (Phi) is 5.87. The third-order valence-corrected chi connectivity index (χ3v) is 6.67. The summed E-state index contributed by atoms with van der Waals surface area (Å²) in [5, 5.41) is 8.86. The molecule has 0 radical (unpaired) electrons. The molecular weight excluding hydrogens is 420 g/mol. The smallest absolute Gasteiger partial charge is 0.271 e. The summed E-state index contributed by atoms with van der Waals surface area (Å²) < 4.78 is 1.99. The highest BCUT2D eigenvalue weighted by molar-refractivity contribution is 7.14. The molecule has 32 heavy (non-hydrogen) atoms. The van der Waals surface area contributed by atoms with Gasteiger partial charge in [0.05, 0.1) is 11.0 Å². The Morgan fingerprint density at radius 3 is 2.59 bits per heavy atom. The number of piperidine rings is 1. The summed E-state index contributed by atoms with van der Waals surface area (Å²) in [5.41, 5.74) is 3.75. The zero-order valence-corrected chi connectivity index (χ0v) is 18.8. The Morgan fingerprint density at radius 1 is 1.06 bits per heavy atom. The average Bonchev–Trinajstić information content (AvgIpc) is 3.41. The number of carbonyl (C=O) groups excluding carboxylic acids is 1. The lowest BCUT2D eigenvalue weighted by Crippen LogP contribution is -2.44. The van der Waals surface area contributed by atoms with Gasteiger partial charge in [0.15, 0.2) is 5.13 Å². The number of fused-ring (bicyclic) bond motifs is 1. The van der Waals surface area contributed by atoms with E-state index < -0.39 is 0 Å². The summed E-state index contributed by atoms with van der Waals surface area (Å²) in [6.45, 7) is 2.93. The number of nitrogens with one attached hydrogen (secondary N) is 2. The van der Waals surface area contributed by atoms with Crippen molar-refractivity contribution in [3.8, 4) is 0 Å². The summed E-state index contributed by atoms with van der Waals surface area (Å²) >= 11 is 1.41. The van der Waals surface area contributed by atoms with E-state index in [1.807, 2.05) is 41.9 Å². The molecule has 0 atom stereocenters. The molecule has 1 fully saturated rings. The van der Waals surface area contributed by atoms with Crippen LogP contribution in [0.5, 0.6) is 0 Å². The predicted molar refractivity (Wildman–Crippen MR) is 128 cm³/mol. The van der Waals surface area contributed by atoms with Crippen molar-refractivity contribution in [2.24, 2.45) is 7.05 Å². The molecule has 164 valence electrons. The number of thiazole rings is 1. The van der Waals surface area contributed by atoms with E-state index in [1.54, 1.807) is 5.38 Å². The number of hydrogen-bond acceptors (Lipinski definition) is 6. The molecule has 1 aliphatic rings. The van der Waals surface area contributed by atoms with Crippen molar-refractivity contribution in [3.63, 3.8) is 0 Å². The zero-order valence-electron chi connectivity index (χ0n) is 18.0. The molecule has 8 heteroatoms. The summed E-state index contributed by atoms with van der Waals surface area (Å²) in [4.78, 5) is 24.3. The van der Waals surface area contributed by atoms with E-state index in [4.69, 9.17) is 0 Å². The second-order valence-corrected chi connectivity index (χ2v) is 9.01. The van der Waals surface area contributed by atoms with Crippen LogP contribution in [0.15, 0.2) is 60.0 Å². The van der Waals surface area contributed by atoms with E-state index in [0.29, 0.717) is 16.8 Å². The highest BCUT2D eigenvalue weighted by Gasteiger charge is 2.22. The lowest BCUT2D eigenvalue weighted by atomic mass is 10.0. The normalized spacial score (nSPS) is 15.2. The number of para-hydroxylation sites is 2. The van der Waals surface area contributed by atoms with E-state index >= 15 is 0 Å². The van der Waals surface area contributed by atoms with E-state index in [0.717, 1.165) is 43.5 Å². The highest BCUT2D eigenvalue weighted by Crippen LogP contribution is 2.24. The second-order valence-electron chi connectivity index (χ2n) is 8.16. The maximum Gasteiger partial charge on any atom is 0.271 e. The van der Waals surface area contributed by atoms with Gasteiger partial charge >= 0.3 is 0 Å². The minimum absolute atomic E-state index is 0.110. The Morgan fingerprint density at radius 2 is 1.81 bits per heavy atom. The van der Waals surface area contributed by atoms with Crippen LogP contribution in [-0.2, 0) is 13.6 Å². The van der Waals surface area contributed by atoms with Crippen molar-refractivity contribution in [2.45, 2.75) is 25.4 Å². The van der Waals surface area contributed by atoms with E-state index in [2.05, 4.69) is 49.8 Å². The number of hydrogen-bond donors (Lipinski definition) is 2. The molecule has 0 spiro atoms. The van der Waals surface area contributed by atoms with Gasteiger partial charge in [-0.15, -0.1) is 11.3 Å². The quantitative estimate of drug-likeness (QED) is 0.465. The summed E-state index contributed by atoms with van der Waals surface area (Å²) in [7, 11) is 1.96. The fourth-order valence-electron chi connectivity index (χ4n) is 4.12. The first-order chi connectivity index (χ1) is 15.7. The average molecular weight is 447 g/mol. The number of anilines is 2. The highest BCUT2D eigenvalue weighted by atomic mass is 32.1. The van der Waals surface area contributed by atoms with Crippen molar-refractivity contribution in [1.82, 2.24) is 24.8 Å². The SMILES string of the molecule is Cn1c(Nc2nc(C(=O)NC3CCN(Cc4ccccc4)CC3)cs2)nc2ccccc21. The molecular formula is C24H26N6OS. The number of benzene rings is 2. The maximum absolute atomic E-state index is 12.7. The summed E-state index contributed by atoms with van der Waals surface area (Å²) in [6, 6.07) is 18.7. The van der Waals surface area contributed by atoms with Gasteiger partial charge in [-0.3, -0.25) is 9.69 Å². The largest absolute Gasteiger partial charge is 0.348 e. The monoisotopic (exact) mass is 446 g/mol. The van der Waals surface area contributed by atoms with Crippen molar-refractivity contribution in [2.75, 3.05) is 18.4 Å². The first kappa shape index (κ1) is 20.7. The van der Waals surface area contributed by atoms with Crippen LogP contribution in [0, 0.1) is 0 Å². The summed E-state index contributed by atoms with van der Waals surface area (Å²) in [5.74, 6) is 0.596. The second kappa shape index (κ2) is 9.10. The van der Waals surface area contributed by atoms with Crippen LogP contribution in [0.1, 0.15) is 28.9 Å². The maximum atomic E-state index is 12.7. The predicted octanol–water partition coefficient (Wildman–Crippen LogP) is 4.17. The fraction of sp³-hybridized carbons (Fsp3) is 0.292. The van der Waals surface area contributed by atoms with E-state index in [1.165, 1.54) is 16.9 Å². The lowest BCUT2D eigenvalue weighted by molar-refractivity contribution is 0.0904. The number of aromatic nitrogens is 3. The molecule has 4 aromatic rings. The first-order valence-electron chi connectivity index (χ1n) is 10.9. The van der Waals surface area contributed by atoms with Gasteiger partial charge in [-0.25, -0.2) is 9.97 Å². The molecule has 3 heterocycles. The Hall–Kier alpha value is -3.23. The fourth-order valence-corrected chi connectivity index (χ4v) is 4.81. The molecule has 0 saturated carbocycles. The van der Waals surface area contributed by atoms with Crippen LogP contribution in [0.2, 0.25) is 0 Å². The molecule has 5 rings (SSSR count). The number of rotatable bonds is 6. The number of carbonyl (C=O) groups is 1. The van der Waals surface area contributed by atoms with Gasteiger partial charge in [0.2, 0.25) is 5.95 Å². The van der Waals surface area contributed by atoms with Crippen molar-refractivity contribution >= 4 is 39.4 Å². The minimum atomic E-state index is -0.110. The van der Waals surface area contributed by atoms with Gasteiger partial charge < -0.3 is 15.2 Å². The van der Waals surface area contributed by atoms with Crippen LogP contribution in [0.25, 0.3) is 11.0 Å². The number of imidazole rings is 1. The number of amides is 1. The molecule has 0 unspecified atom stereocenters. The van der Waals surface area contributed by atoms with Crippen molar-refractivity contribution in [3.05, 3.63) is 71.2 Å². The third kappa shape index (κ3) is 4.51. The van der Waals surface area contributed by atoms with Crippen LogP contribution >= 0.6 is 11.3 Å². The Bertz CT molecular complexity index is 1210. The van der Waals surface area contributed by atoms with Crippen LogP contribution in [-0.4, -0.2) is 44.5 Å². The van der Waals surface area contributed by atoms with Gasteiger partial charge in [-0.05, 0) is 30.5 Å². The standard InChI is InChI=1S/C24H26N6OS/c1-29-21-10-6-5-9-19(21)26-23(29)28-24-27-20(16-32-24)22(31)25-18-11-13-30(14-12-18)15-17-7-3-2-4-8-17/h2-10,16,18H,11-15H2,1H3,(H,25,31)(H,26,27,28). The van der Waals surface area contributed by atoms with Crippen LogP contribution < -0.4 is 10.6 Å². The van der Waals surface area contributed by atoms with Gasteiger partial charge in [-0.2, -0.15) is 0 Å². The zero-order chi connectivity index (χ0) is 21.9. The Balaban J connectivity index is 1.15. The minimum Gasteiger partial charge on any atom is -0.348 e.